The highest BCUT2D eigenvalue weighted by atomic mass is 14.1. The summed E-state index contributed by atoms with van der Waals surface area (Å²) in [7, 11) is 0. The molecule has 0 aromatic carbocycles. The van der Waals surface area contributed by atoms with Crippen molar-refractivity contribution in [1.29, 1.82) is 0 Å². The minimum absolute atomic E-state index is 0.741. The van der Waals surface area contributed by atoms with Gasteiger partial charge in [-0.25, -0.2) is 0 Å². The van der Waals surface area contributed by atoms with Crippen LogP contribution in [-0.2, 0) is 0 Å². The lowest BCUT2D eigenvalue weighted by Gasteiger charge is -2.08. The van der Waals surface area contributed by atoms with E-state index in [1.54, 1.807) is 0 Å². The van der Waals surface area contributed by atoms with Crippen LogP contribution in [0.5, 0.6) is 0 Å². The Kier molecular flexibility index (Phi) is 4.47. The zero-order chi connectivity index (χ0) is 7.28. The molecule has 0 rings (SSSR count). The Hall–Kier alpha value is -0.260. The summed E-state index contributed by atoms with van der Waals surface area (Å²) in [5, 5.41) is 0. The largest absolute Gasteiger partial charge is 0.0885 e. The molecular formula is C9H18. The van der Waals surface area contributed by atoms with E-state index in [-0.39, 0.29) is 0 Å². The summed E-state index contributed by atoms with van der Waals surface area (Å²) in [6, 6.07) is 0. The van der Waals surface area contributed by atoms with Gasteiger partial charge < -0.3 is 0 Å². The summed E-state index contributed by atoms with van der Waals surface area (Å²) in [4.78, 5) is 0. The van der Waals surface area contributed by atoms with E-state index in [0.717, 1.165) is 18.3 Å². The van der Waals surface area contributed by atoms with E-state index in [4.69, 9.17) is 0 Å². The average molecular weight is 126 g/mol. The Morgan fingerprint density at radius 3 is 2.11 bits per heavy atom. The molecule has 9 heavy (non-hydrogen) atoms. The molecule has 0 N–H and O–H groups in total. The zero-order valence-corrected chi connectivity index (χ0v) is 7.02. The molecule has 0 spiro atoms. The van der Waals surface area contributed by atoms with Gasteiger partial charge in [-0.1, -0.05) is 39.8 Å². The summed E-state index contributed by atoms with van der Waals surface area (Å²) in [6.45, 7) is 8.94. The summed E-state index contributed by atoms with van der Waals surface area (Å²) >= 11 is 0. The maximum atomic E-state index is 2.30. The van der Waals surface area contributed by atoms with Gasteiger partial charge in [0.25, 0.3) is 0 Å². The first-order valence-electron chi connectivity index (χ1n) is 3.85. The van der Waals surface area contributed by atoms with Crippen molar-refractivity contribution in [3.05, 3.63) is 12.2 Å². The van der Waals surface area contributed by atoms with Crippen molar-refractivity contribution >= 4 is 0 Å². The minimum Gasteiger partial charge on any atom is -0.0885 e. The van der Waals surface area contributed by atoms with Crippen molar-refractivity contribution in [2.24, 2.45) is 11.8 Å². The Labute approximate surface area is 59.0 Å². The van der Waals surface area contributed by atoms with E-state index in [1.165, 1.54) is 0 Å². The quantitative estimate of drug-likeness (QED) is 0.509. The Morgan fingerprint density at radius 1 is 1.22 bits per heavy atom. The highest BCUT2D eigenvalue weighted by molar-refractivity contribution is 4.86. The highest BCUT2D eigenvalue weighted by Gasteiger charge is 1.99. The molecule has 0 aliphatic carbocycles. The summed E-state index contributed by atoms with van der Waals surface area (Å²) in [6.07, 6.45) is 5.70. The molecule has 0 fully saturated rings. The molecule has 0 aliphatic heterocycles. The van der Waals surface area contributed by atoms with E-state index < -0.39 is 0 Å². The van der Waals surface area contributed by atoms with E-state index in [1.807, 2.05) is 0 Å². The van der Waals surface area contributed by atoms with Crippen molar-refractivity contribution in [2.45, 2.75) is 34.1 Å². The van der Waals surface area contributed by atoms with Crippen LogP contribution in [0.2, 0.25) is 0 Å². The molecule has 0 aromatic rings. The molecule has 0 aliphatic rings. The molecule has 0 saturated heterocycles. The number of hydrogen-bond donors (Lipinski definition) is 0. The molecule has 0 unspecified atom stereocenters. The maximum absolute atomic E-state index is 2.30. The SMILES string of the molecule is CCC=C[C@H](C)C(C)C. The number of rotatable bonds is 3. The normalized spacial score (nSPS) is 15.2. The average Bonchev–Trinajstić information content (AvgIpc) is 1.82. The molecule has 1 atom stereocenters. The minimum atomic E-state index is 0.741. The highest BCUT2D eigenvalue weighted by Crippen LogP contribution is 2.10. The van der Waals surface area contributed by atoms with Crippen LogP contribution in [-0.4, -0.2) is 0 Å². The molecule has 54 valence electrons. The second kappa shape index (κ2) is 4.60. The Morgan fingerprint density at radius 2 is 1.78 bits per heavy atom. The van der Waals surface area contributed by atoms with Crippen LogP contribution < -0.4 is 0 Å². The fourth-order valence-electron chi connectivity index (χ4n) is 0.573. The predicted molar refractivity (Wildman–Crippen MR) is 43.4 cm³/mol. The summed E-state index contributed by atoms with van der Waals surface area (Å²) in [5.74, 6) is 1.53. The number of hydrogen-bond acceptors (Lipinski definition) is 0. The van der Waals surface area contributed by atoms with Gasteiger partial charge in [0, 0.05) is 0 Å². The second-order valence-corrected chi connectivity index (χ2v) is 2.94. The first-order valence-corrected chi connectivity index (χ1v) is 3.85. The van der Waals surface area contributed by atoms with Crippen molar-refractivity contribution in [3.8, 4) is 0 Å². The van der Waals surface area contributed by atoms with Gasteiger partial charge in [-0.3, -0.25) is 0 Å². The van der Waals surface area contributed by atoms with Crippen molar-refractivity contribution < 1.29 is 0 Å². The lowest BCUT2D eigenvalue weighted by molar-refractivity contribution is 0.503. The van der Waals surface area contributed by atoms with Crippen molar-refractivity contribution in [1.82, 2.24) is 0 Å². The summed E-state index contributed by atoms with van der Waals surface area (Å²) < 4.78 is 0. The van der Waals surface area contributed by atoms with Crippen molar-refractivity contribution in [2.75, 3.05) is 0 Å². The first-order chi connectivity index (χ1) is 4.18. The summed E-state index contributed by atoms with van der Waals surface area (Å²) in [5.41, 5.74) is 0. The second-order valence-electron chi connectivity index (χ2n) is 2.94. The lowest BCUT2D eigenvalue weighted by atomic mass is 9.98. The standard InChI is InChI=1S/C9H18/c1-5-6-7-9(4)8(2)3/h6-9H,5H2,1-4H3/t9-/m0/s1. The maximum Gasteiger partial charge on any atom is -0.0239 e. The molecule has 0 amide bonds. The van der Waals surface area contributed by atoms with Crippen LogP contribution in [0.25, 0.3) is 0 Å². The smallest absolute Gasteiger partial charge is 0.0239 e. The molecule has 0 heteroatoms. The van der Waals surface area contributed by atoms with Crippen LogP contribution in [0.3, 0.4) is 0 Å². The molecular weight excluding hydrogens is 108 g/mol. The topological polar surface area (TPSA) is 0 Å². The van der Waals surface area contributed by atoms with Gasteiger partial charge in [0.05, 0.1) is 0 Å². The van der Waals surface area contributed by atoms with Gasteiger partial charge >= 0.3 is 0 Å². The first kappa shape index (κ1) is 8.74. The molecule has 0 heterocycles. The van der Waals surface area contributed by atoms with Crippen LogP contribution in [0.1, 0.15) is 34.1 Å². The third-order valence-corrected chi connectivity index (χ3v) is 1.73. The van der Waals surface area contributed by atoms with Gasteiger partial charge in [-0.2, -0.15) is 0 Å². The van der Waals surface area contributed by atoms with Crippen LogP contribution in [0.4, 0.5) is 0 Å². The van der Waals surface area contributed by atoms with Gasteiger partial charge in [0.15, 0.2) is 0 Å². The van der Waals surface area contributed by atoms with Gasteiger partial charge in [-0.05, 0) is 18.3 Å². The zero-order valence-electron chi connectivity index (χ0n) is 7.02. The van der Waals surface area contributed by atoms with Crippen LogP contribution in [0, 0.1) is 11.8 Å². The van der Waals surface area contributed by atoms with E-state index in [9.17, 15) is 0 Å². The van der Waals surface area contributed by atoms with Crippen LogP contribution >= 0.6 is 0 Å². The third-order valence-electron chi connectivity index (χ3n) is 1.73. The fourth-order valence-corrected chi connectivity index (χ4v) is 0.573. The molecule has 0 aromatic heterocycles. The van der Waals surface area contributed by atoms with E-state index in [2.05, 4.69) is 39.8 Å². The predicted octanol–water partition coefficient (Wildman–Crippen LogP) is 3.24. The fraction of sp³-hybridized carbons (Fsp3) is 0.778. The third kappa shape index (κ3) is 4.26. The molecule has 0 saturated carbocycles. The van der Waals surface area contributed by atoms with Gasteiger partial charge in [-0.15, -0.1) is 0 Å². The van der Waals surface area contributed by atoms with E-state index in [0.29, 0.717) is 0 Å². The molecule has 0 bridgehead atoms. The van der Waals surface area contributed by atoms with E-state index >= 15 is 0 Å². The monoisotopic (exact) mass is 126 g/mol. The molecule has 0 nitrogen and oxygen atoms in total. The lowest BCUT2D eigenvalue weighted by Crippen LogP contribution is -1.98. The van der Waals surface area contributed by atoms with Gasteiger partial charge in [0.2, 0.25) is 0 Å². The molecule has 0 radical (unpaired) electrons. The Balaban J connectivity index is 3.48. The number of allylic oxidation sites excluding steroid dienone is 2. The van der Waals surface area contributed by atoms with Gasteiger partial charge in [0.1, 0.15) is 0 Å². The Bertz CT molecular complexity index is 80.0. The van der Waals surface area contributed by atoms with Crippen LogP contribution in [0.15, 0.2) is 12.2 Å². The van der Waals surface area contributed by atoms with Crippen molar-refractivity contribution in [3.63, 3.8) is 0 Å².